The first-order valence-electron chi connectivity index (χ1n) is 4.97. The van der Waals surface area contributed by atoms with Crippen molar-refractivity contribution in [2.45, 2.75) is 0 Å². The second-order valence-corrected chi connectivity index (χ2v) is 4.42. The lowest BCUT2D eigenvalue weighted by atomic mass is 10.1. The highest BCUT2D eigenvalue weighted by Crippen LogP contribution is 2.25. The second-order valence-electron chi connectivity index (χ2n) is 3.98. The molecule has 3 nitrogen and oxygen atoms in total. The second kappa shape index (κ2) is 3.83. The summed E-state index contributed by atoms with van der Waals surface area (Å²) in [6, 6.07) is 7.22. The van der Waals surface area contributed by atoms with Crippen LogP contribution in [0.15, 0.2) is 29.1 Å². The summed E-state index contributed by atoms with van der Waals surface area (Å²) in [6.07, 6.45) is 0. The maximum absolute atomic E-state index is 11.8. The van der Waals surface area contributed by atoms with Gasteiger partial charge in [0.05, 0.1) is 11.2 Å². The van der Waals surface area contributed by atoms with Gasteiger partial charge in [-0.3, -0.25) is 4.79 Å². The van der Waals surface area contributed by atoms with E-state index in [9.17, 15) is 4.79 Å². The minimum Gasteiger partial charge on any atom is -0.377 e. The van der Waals surface area contributed by atoms with E-state index in [1.165, 1.54) is 0 Å². The molecule has 1 aromatic heterocycles. The lowest BCUT2D eigenvalue weighted by Gasteiger charge is -2.16. The minimum atomic E-state index is -0.0292. The van der Waals surface area contributed by atoms with Crippen molar-refractivity contribution in [3.05, 3.63) is 39.6 Å². The third-order valence-electron chi connectivity index (χ3n) is 2.67. The number of fused-ring (bicyclic) bond motifs is 1. The molecule has 0 saturated carbocycles. The molecule has 0 aliphatic heterocycles. The number of aromatic nitrogens is 1. The van der Waals surface area contributed by atoms with E-state index in [2.05, 4.69) is 0 Å². The molecule has 0 saturated heterocycles. The van der Waals surface area contributed by atoms with Gasteiger partial charge in [0.1, 0.15) is 0 Å². The number of nitrogens with zero attached hydrogens (tertiary/aromatic N) is 2. The molecular formula is C12H13ClN2O. The fraction of sp³-hybridized carbons (Fsp3) is 0.250. The topological polar surface area (TPSA) is 25.2 Å². The molecule has 2 rings (SSSR count). The normalized spacial score (nSPS) is 10.8. The molecule has 1 heterocycles. The summed E-state index contributed by atoms with van der Waals surface area (Å²) in [4.78, 5) is 13.7. The Kier molecular flexibility index (Phi) is 2.64. The summed E-state index contributed by atoms with van der Waals surface area (Å²) in [5, 5.41) is 1.66. The molecule has 0 atom stereocenters. The van der Waals surface area contributed by atoms with E-state index in [4.69, 9.17) is 11.6 Å². The monoisotopic (exact) mass is 236 g/mol. The van der Waals surface area contributed by atoms with Gasteiger partial charge in [-0.05, 0) is 18.2 Å². The standard InChI is InChI=1S/C12H13ClN2O/c1-14(2)10-7-12(16)15(3)11-6-8(13)4-5-9(10)11/h4-7H,1-3H3. The van der Waals surface area contributed by atoms with Crippen LogP contribution in [0.1, 0.15) is 0 Å². The van der Waals surface area contributed by atoms with Crippen LogP contribution in [0, 0.1) is 0 Å². The number of aryl methyl sites for hydroxylation is 1. The van der Waals surface area contributed by atoms with Gasteiger partial charge in [0.25, 0.3) is 5.56 Å². The van der Waals surface area contributed by atoms with E-state index in [1.54, 1.807) is 17.7 Å². The van der Waals surface area contributed by atoms with Crippen LogP contribution >= 0.6 is 11.6 Å². The van der Waals surface area contributed by atoms with Crippen LogP contribution in [0.2, 0.25) is 5.02 Å². The van der Waals surface area contributed by atoms with Crippen LogP contribution in [0.4, 0.5) is 5.69 Å². The fourth-order valence-corrected chi connectivity index (χ4v) is 1.95. The van der Waals surface area contributed by atoms with E-state index in [-0.39, 0.29) is 5.56 Å². The Morgan fingerprint density at radius 1 is 1.25 bits per heavy atom. The van der Waals surface area contributed by atoms with Gasteiger partial charge < -0.3 is 9.47 Å². The van der Waals surface area contributed by atoms with E-state index >= 15 is 0 Å². The quantitative estimate of drug-likeness (QED) is 0.759. The summed E-state index contributed by atoms with van der Waals surface area (Å²) in [5.41, 5.74) is 1.73. The smallest absolute Gasteiger partial charge is 0.252 e. The third-order valence-corrected chi connectivity index (χ3v) is 2.90. The summed E-state index contributed by atoms with van der Waals surface area (Å²) < 4.78 is 1.61. The van der Waals surface area contributed by atoms with Crippen molar-refractivity contribution in [2.24, 2.45) is 7.05 Å². The molecule has 0 aliphatic rings. The van der Waals surface area contributed by atoms with E-state index in [0.717, 1.165) is 16.6 Å². The Hall–Kier alpha value is -1.48. The Balaban J connectivity index is 2.95. The zero-order valence-corrected chi connectivity index (χ0v) is 10.2. The number of anilines is 1. The van der Waals surface area contributed by atoms with Gasteiger partial charge in [0, 0.05) is 37.6 Å². The number of hydrogen-bond donors (Lipinski definition) is 0. The summed E-state index contributed by atoms with van der Waals surface area (Å²) in [6.45, 7) is 0. The minimum absolute atomic E-state index is 0.0292. The maximum Gasteiger partial charge on any atom is 0.252 e. The van der Waals surface area contributed by atoms with Crippen molar-refractivity contribution in [2.75, 3.05) is 19.0 Å². The Bertz CT molecular complexity index is 602. The third kappa shape index (κ3) is 1.67. The van der Waals surface area contributed by atoms with Crippen LogP contribution in [0.5, 0.6) is 0 Å². The van der Waals surface area contributed by atoms with Crippen LogP contribution in [-0.2, 0) is 7.05 Å². The zero-order chi connectivity index (χ0) is 11.9. The van der Waals surface area contributed by atoms with Gasteiger partial charge in [-0.1, -0.05) is 11.6 Å². The van der Waals surface area contributed by atoms with Crippen molar-refractivity contribution in [1.82, 2.24) is 4.57 Å². The molecule has 0 aliphatic carbocycles. The fourth-order valence-electron chi connectivity index (χ4n) is 1.78. The zero-order valence-electron chi connectivity index (χ0n) is 9.49. The lowest BCUT2D eigenvalue weighted by molar-refractivity contribution is 0.903. The van der Waals surface area contributed by atoms with Crippen LogP contribution in [-0.4, -0.2) is 18.7 Å². The molecule has 4 heteroatoms. The molecule has 0 bridgehead atoms. The van der Waals surface area contributed by atoms with Gasteiger partial charge in [0.2, 0.25) is 0 Å². The van der Waals surface area contributed by atoms with Crippen molar-refractivity contribution in [3.8, 4) is 0 Å². The van der Waals surface area contributed by atoms with Crippen molar-refractivity contribution >= 4 is 28.2 Å². The molecule has 16 heavy (non-hydrogen) atoms. The molecule has 2 aromatic rings. The van der Waals surface area contributed by atoms with Crippen molar-refractivity contribution in [1.29, 1.82) is 0 Å². The first-order chi connectivity index (χ1) is 7.50. The molecule has 0 amide bonds. The lowest BCUT2D eigenvalue weighted by Crippen LogP contribution is -2.20. The van der Waals surface area contributed by atoms with Gasteiger partial charge in [-0.2, -0.15) is 0 Å². The SMILES string of the molecule is CN(C)c1cc(=O)n(C)c2cc(Cl)ccc12. The number of pyridine rings is 1. The molecule has 1 aromatic carbocycles. The van der Waals surface area contributed by atoms with Crippen molar-refractivity contribution in [3.63, 3.8) is 0 Å². The van der Waals surface area contributed by atoms with Gasteiger partial charge in [-0.15, -0.1) is 0 Å². The predicted octanol–water partition coefficient (Wildman–Crippen LogP) is 2.26. The van der Waals surface area contributed by atoms with Gasteiger partial charge in [0.15, 0.2) is 0 Å². The van der Waals surface area contributed by atoms with Crippen molar-refractivity contribution < 1.29 is 0 Å². The Labute approximate surface area is 98.9 Å². The molecule has 0 radical (unpaired) electrons. The Morgan fingerprint density at radius 2 is 1.94 bits per heavy atom. The Morgan fingerprint density at radius 3 is 2.56 bits per heavy atom. The molecule has 0 unspecified atom stereocenters. The van der Waals surface area contributed by atoms with Gasteiger partial charge >= 0.3 is 0 Å². The predicted molar refractivity (Wildman–Crippen MR) is 68.5 cm³/mol. The molecular weight excluding hydrogens is 224 g/mol. The van der Waals surface area contributed by atoms with Crippen LogP contribution < -0.4 is 10.5 Å². The average molecular weight is 237 g/mol. The highest BCUT2D eigenvalue weighted by atomic mass is 35.5. The van der Waals surface area contributed by atoms with Crippen LogP contribution in [0.3, 0.4) is 0 Å². The summed E-state index contributed by atoms with van der Waals surface area (Å²) in [7, 11) is 5.59. The highest BCUT2D eigenvalue weighted by molar-refractivity contribution is 6.31. The maximum atomic E-state index is 11.8. The van der Waals surface area contributed by atoms with Gasteiger partial charge in [-0.25, -0.2) is 0 Å². The molecule has 0 N–H and O–H groups in total. The number of halogens is 1. The molecule has 84 valence electrons. The van der Waals surface area contributed by atoms with E-state index in [1.807, 2.05) is 37.2 Å². The molecule has 0 fully saturated rings. The first-order valence-corrected chi connectivity index (χ1v) is 5.35. The largest absolute Gasteiger partial charge is 0.377 e. The first kappa shape index (κ1) is 11.0. The summed E-state index contributed by atoms with van der Waals surface area (Å²) in [5.74, 6) is 0. The number of rotatable bonds is 1. The average Bonchev–Trinajstić information content (AvgIpc) is 2.23. The summed E-state index contributed by atoms with van der Waals surface area (Å²) >= 11 is 5.95. The van der Waals surface area contributed by atoms with E-state index < -0.39 is 0 Å². The van der Waals surface area contributed by atoms with E-state index in [0.29, 0.717) is 5.02 Å². The highest BCUT2D eigenvalue weighted by Gasteiger charge is 2.08. The molecule has 0 spiro atoms. The number of benzene rings is 1. The van der Waals surface area contributed by atoms with Crippen LogP contribution in [0.25, 0.3) is 10.9 Å². The number of hydrogen-bond acceptors (Lipinski definition) is 2.